The first-order valence-electron chi connectivity index (χ1n) is 6.82. The van der Waals surface area contributed by atoms with E-state index in [9.17, 15) is 0 Å². The third-order valence-corrected chi connectivity index (χ3v) is 5.74. The van der Waals surface area contributed by atoms with E-state index in [1.54, 1.807) is 11.3 Å². The molecule has 1 aromatic heterocycles. The van der Waals surface area contributed by atoms with Gasteiger partial charge in [-0.25, -0.2) is 0 Å². The van der Waals surface area contributed by atoms with E-state index in [2.05, 4.69) is 48.1 Å². The average Bonchev–Trinajstić information content (AvgIpc) is 2.66. The van der Waals surface area contributed by atoms with Crippen molar-refractivity contribution in [3.63, 3.8) is 0 Å². The zero-order valence-electron chi connectivity index (χ0n) is 11.4. The molecule has 0 fully saturated rings. The molecule has 0 saturated heterocycles. The third kappa shape index (κ3) is 4.52. The third-order valence-electron chi connectivity index (χ3n) is 3.19. The van der Waals surface area contributed by atoms with E-state index in [0.717, 1.165) is 15.4 Å². The molecular weight excluding hydrogens is 330 g/mol. The summed E-state index contributed by atoms with van der Waals surface area (Å²) in [5, 5.41) is 4.48. The van der Waals surface area contributed by atoms with Crippen LogP contribution in [0.25, 0.3) is 0 Å². The van der Waals surface area contributed by atoms with Gasteiger partial charge in [-0.05, 0) is 47.3 Å². The van der Waals surface area contributed by atoms with Gasteiger partial charge in [0.2, 0.25) is 0 Å². The van der Waals surface area contributed by atoms with Gasteiger partial charge in [-0.15, -0.1) is 11.3 Å². The van der Waals surface area contributed by atoms with E-state index in [-0.39, 0.29) is 0 Å². The second-order valence-corrected chi connectivity index (χ2v) is 7.45. The predicted octanol–water partition coefficient (Wildman–Crippen LogP) is 6.03. The molecule has 0 aliphatic rings. The Labute approximate surface area is 128 Å². The molecule has 0 radical (unpaired) electrons. The summed E-state index contributed by atoms with van der Waals surface area (Å²) in [6.07, 6.45) is 5.04. The van der Waals surface area contributed by atoms with Crippen molar-refractivity contribution >= 4 is 38.9 Å². The molecule has 1 atom stereocenters. The molecule has 1 unspecified atom stereocenters. The molecule has 104 valence electrons. The minimum absolute atomic E-state index is 0.448. The molecule has 1 nitrogen and oxygen atoms in total. The number of nitrogens with one attached hydrogen (secondary N) is 1. The highest BCUT2D eigenvalue weighted by molar-refractivity contribution is 9.11. The molecule has 4 heteroatoms. The fraction of sp³-hybridized carbons (Fsp3) is 0.714. The summed E-state index contributed by atoms with van der Waals surface area (Å²) in [7, 11) is 0. The number of thiophene rings is 1. The van der Waals surface area contributed by atoms with Crippen molar-refractivity contribution < 1.29 is 0 Å². The summed E-state index contributed by atoms with van der Waals surface area (Å²) in [5.74, 6) is 0.710. The first-order valence-corrected chi connectivity index (χ1v) is 8.80. The maximum atomic E-state index is 6.17. The lowest BCUT2D eigenvalue weighted by Gasteiger charge is -2.26. The lowest BCUT2D eigenvalue weighted by atomic mass is 9.89. The van der Waals surface area contributed by atoms with Crippen LogP contribution in [0.15, 0.2) is 9.85 Å². The van der Waals surface area contributed by atoms with Gasteiger partial charge in [-0.3, -0.25) is 0 Å². The van der Waals surface area contributed by atoms with E-state index < -0.39 is 0 Å². The molecule has 0 bridgehead atoms. The normalized spacial score (nSPS) is 13.2. The lowest BCUT2D eigenvalue weighted by molar-refractivity contribution is 0.324. The van der Waals surface area contributed by atoms with Crippen LogP contribution in [0.2, 0.25) is 5.02 Å². The minimum Gasteiger partial charge on any atom is -0.309 e. The minimum atomic E-state index is 0.448. The van der Waals surface area contributed by atoms with Crippen LogP contribution in [-0.2, 0) is 0 Å². The summed E-state index contributed by atoms with van der Waals surface area (Å²) in [4.78, 5) is 1.36. The number of rotatable bonds is 8. The van der Waals surface area contributed by atoms with Crippen molar-refractivity contribution in [3.05, 3.63) is 19.8 Å². The molecule has 0 aliphatic carbocycles. The fourth-order valence-electron chi connectivity index (χ4n) is 2.46. The monoisotopic (exact) mass is 351 g/mol. The van der Waals surface area contributed by atoms with Crippen molar-refractivity contribution in [3.8, 4) is 0 Å². The summed E-state index contributed by atoms with van der Waals surface area (Å²) < 4.78 is 1.05. The largest absolute Gasteiger partial charge is 0.309 e. The highest BCUT2D eigenvalue weighted by Gasteiger charge is 2.23. The molecule has 1 aromatic rings. The second kappa shape index (κ2) is 8.57. The van der Waals surface area contributed by atoms with Gasteiger partial charge in [0.15, 0.2) is 0 Å². The van der Waals surface area contributed by atoms with Gasteiger partial charge in [0.1, 0.15) is 0 Å². The summed E-state index contributed by atoms with van der Waals surface area (Å²) >= 11 is 11.5. The molecule has 0 aliphatic heterocycles. The second-order valence-electron chi connectivity index (χ2n) is 4.64. The Kier molecular flexibility index (Phi) is 7.85. The van der Waals surface area contributed by atoms with Crippen LogP contribution in [0.1, 0.15) is 57.4 Å². The van der Waals surface area contributed by atoms with Crippen molar-refractivity contribution in [1.29, 1.82) is 0 Å². The zero-order chi connectivity index (χ0) is 13.5. The Morgan fingerprint density at radius 3 is 2.28 bits per heavy atom. The van der Waals surface area contributed by atoms with Crippen molar-refractivity contribution in [1.82, 2.24) is 5.32 Å². The number of halogens is 2. The van der Waals surface area contributed by atoms with E-state index in [1.807, 2.05) is 0 Å². The van der Waals surface area contributed by atoms with Gasteiger partial charge in [-0.2, -0.15) is 0 Å². The Morgan fingerprint density at radius 2 is 1.89 bits per heavy atom. The number of hydrogen-bond acceptors (Lipinski definition) is 2. The summed E-state index contributed by atoms with van der Waals surface area (Å²) in [5.41, 5.74) is 0. The van der Waals surface area contributed by atoms with Crippen LogP contribution >= 0.6 is 38.9 Å². The van der Waals surface area contributed by atoms with Gasteiger partial charge in [0.05, 0.1) is 8.81 Å². The van der Waals surface area contributed by atoms with Crippen LogP contribution in [0.5, 0.6) is 0 Å². The first kappa shape index (κ1) is 16.5. The van der Waals surface area contributed by atoms with Crippen molar-refractivity contribution in [2.45, 2.75) is 52.5 Å². The van der Waals surface area contributed by atoms with E-state index in [0.29, 0.717) is 12.0 Å². The fourth-order valence-corrected chi connectivity index (χ4v) is 4.37. The molecule has 0 aromatic carbocycles. The highest BCUT2D eigenvalue weighted by Crippen LogP contribution is 2.39. The van der Waals surface area contributed by atoms with Gasteiger partial charge in [-0.1, -0.05) is 45.2 Å². The molecular formula is C14H23BrClNS. The zero-order valence-corrected chi connectivity index (χ0v) is 14.6. The molecule has 0 amide bonds. The van der Waals surface area contributed by atoms with Crippen LogP contribution in [-0.4, -0.2) is 6.54 Å². The topological polar surface area (TPSA) is 12.0 Å². The maximum Gasteiger partial charge on any atom is 0.0887 e. The number of hydrogen-bond donors (Lipinski definition) is 1. The van der Waals surface area contributed by atoms with Gasteiger partial charge >= 0.3 is 0 Å². The summed E-state index contributed by atoms with van der Waals surface area (Å²) in [6, 6.07) is 2.56. The van der Waals surface area contributed by atoms with Crippen LogP contribution in [0, 0.1) is 5.92 Å². The molecule has 1 N–H and O–H groups in total. The maximum absolute atomic E-state index is 6.17. The van der Waals surface area contributed by atoms with E-state index in [4.69, 9.17) is 11.6 Å². The van der Waals surface area contributed by atoms with Gasteiger partial charge < -0.3 is 5.32 Å². The van der Waals surface area contributed by atoms with E-state index in [1.165, 1.54) is 30.6 Å². The molecule has 18 heavy (non-hydrogen) atoms. The molecule has 1 heterocycles. The summed E-state index contributed by atoms with van der Waals surface area (Å²) in [6.45, 7) is 7.71. The SMILES string of the molecule is CCCC(CCC)C(NCC)c1cc(Cl)c(Br)s1. The van der Waals surface area contributed by atoms with Crippen molar-refractivity contribution in [2.24, 2.45) is 5.92 Å². The first-order chi connectivity index (χ1) is 8.63. The predicted molar refractivity (Wildman–Crippen MR) is 86.8 cm³/mol. The lowest BCUT2D eigenvalue weighted by Crippen LogP contribution is -2.27. The quantitative estimate of drug-likeness (QED) is 0.602. The molecule has 1 rings (SSSR count). The molecule has 0 saturated carbocycles. The highest BCUT2D eigenvalue weighted by atomic mass is 79.9. The molecule has 0 spiro atoms. The standard InChI is InChI=1S/C14H23BrClNS/c1-4-7-10(8-5-2)13(17-6-3)12-9-11(16)14(15)18-12/h9-10,13,17H,4-8H2,1-3H3. The van der Waals surface area contributed by atoms with Gasteiger partial charge in [0.25, 0.3) is 0 Å². The smallest absolute Gasteiger partial charge is 0.0887 e. The Bertz CT molecular complexity index is 328. The Hall–Kier alpha value is 0.430. The van der Waals surface area contributed by atoms with Crippen LogP contribution in [0.4, 0.5) is 0 Å². The Morgan fingerprint density at radius 1 is 1.28 bits per heavy atom. The van der Waals surface area contributed by atoms with E-state index >= 15 is 0 Å². The van der Waals surface area contributed by atoms with Crippen molar-refractivity contribution in [2.75, 3.05) is 6.54 Å². The average molecular weight is 353 g/mol. The van der Waals surface area contributed by atoms with Crippen LogP contribution in [0.3, 0.4) is 0 Å². The van der Waals surface area contributed by atoms with Crippen LogP contribution < -0.4 is 5.32 Å². The Balaban J connectivity index is 2.90. The van der Waals surface area contributed by atoms with Gasteiger partial charge in [0, 0.05) is 10.9 Å².